The molecule has 2 N–H and O–H groups in total. The maximum Gasteiger partial charge on any atom is 0.161 e. The van der Waals surface area contributed by atoms with Crippen LogP contribution in [0.25, 0.3) is 11.1 Å². The van der Waals surface area contributed by atoms with Crippen LogP contribution in [0.15, 0.2) is 18.2 Å². The van der Waals surface area contributed by atoms with E-state index in [9.17, 15) is 0 Å². The number of methoxy groups -OCH3 is 2. The Labute approximate surface area is 112 Å². The van der Waals surface area contributed by atoms with E-state index < -0.39 is 0 Å². The van der Waals surface area contributed by atoms with Gasteiger partial charge >= 0.3 is 0 Å². The summed E-state index contributed by atoms with van der Waals surface area (Å²) in [5, 5.41) is 4.42. The molecule has 0 unspecified atom stereocenters. The van der Waals surface area contributed by atoms with Crippen LogP contribution in [-0.4, -0.2) is 24.0 Å². The molecule has 0 fully saturated rings. The highest BCUT2D eigenvalue weighted by molar-refractivity contribution is 5.78. The fraction of sp³-hybridized carbons (Fsp3) is 0.357. The number of nitrogen functional groups attached to an aromatic ring is 1. The normalized spacial score (nSPS) is 10.5. The van der Waals surface area contributed by atoms with Gasteiger partial charge in [-0.15, -0.1) is 0 Å². The molecule has 0 amide bonds. The Morgan fingerprint density at radius 2 is 1.89 bits per heavy atom. The molecule has 0 atom stereocenters. The summed E-state index contributed by atoms with van der Waals surface area (Å²) in [6, 6.07) is 5.76. The Morgan fingerprint density at radius 1 is 1.21 bits per heavy atom. The molecular formula is C14H19N3O2. The first-order valence-electron chi connectivity index (χ1n) is 6.16. The zero-order valence-electron chi connectivity index (χ0n) is 11.7. The molecule has 0 bridgehead atoms. The molecule has 0 radical (unpaired) electrons. The van der Waals surface area contributed by atoms with Gasteiger partial charge in [-0.25, -0.2) is 0 Å². The van der Waals surface area contributed by atoms with Crippen molar-refractivity contribution in [3.63, 3.8) is 0 Å². The molecule has 0 aliphatic rings. The van der Waals surface area contributed by atoms with Crippen LogP contribution >= 0.6 is 0 Å². The van der Waals surface area contributed by atoms with Crippen LogP contribution in [0.4, 0.5) is 5.82 Å². The van der Waals surface area contributed by atoms with Gasteiger partial charge in [0.05, 0.1) is 19.9 Å². The number of nitrogens with zero attached hydrogens (tertiary/aromatic N) is 2. The fourth-order valence-electron chi connectivity index (χ4n) is 2.15. The number of nitrogens with two attached hydrogens (primary N) is 1. The maximum atomic E-state index is 6.10. The van der Waals surface area contributed by atoms with Crippen molar-refractivity contribution in [1.29, 1.82) is 0 Å². The number of aryl methyl sites for hydroxylation is 2. The third-order valence-electron chi connectivity index (χ3n) is 3.17. The van der Waals surface area contributed by atoms with Gasteiger partial charge in [0.2, 0.25) is 0 Å². The monoisotopic (exact) mass is 261 g/mol. The number of hydrogen-bond acceptors (Lipinski definition) is 4. The average Bonchev–Trinajstić information content (AvgIpc) is 2.73. The molecule has 5 nitrogen and oxygen atoms in total. The molecule has 0 saturated heterocycles. The number of rotatable bonds is 4. The summed E-state index contributed by atoms with van der Waals surface area (Å²) in [7, 11) is 5.08. The van der Waals surface area contributed by atoms with Gasteiger partial charge in [0, 0.05) is 12.6 Å². The second kappa shape index (κ2) is 5.22. The Balaban J connectivity index is 2.59. The third kappa shape index (κ3) is 2.23. The Morgan fingerprint density at radius 3 is 2.47 bits per heavy atom. The van der Waals surface area contributed by atoms with Gasteiger partial charge in [0.1, 0.15) is 5.82 Å². The van der Waals surface area contributed by atoms with Crippen molar-refractivity contribution in [2.45, 2.75) is 13.3 Å². The summed E-state index contributed by atoms with van der Waals surface area (Å²) < 4.78 is 12.3. The highest BCUT2D eigenvalue weighted by Crippen LogP contribution is 2.36. The first-order valence-corrected chi connectivity index (χ1v) is 6.16. The predicted molar refractivity (Wildman–Crippen MR) is 75.5 cm³/mol. The van der Waals surface area contributed by atoms with E-state index in [0.29, 0.717) is 17.3 Å². The molecule has 0 aliphatic carbocycles. The summed E-state index contributed by atoms with van der Waals surface area (Å²) in [5.74, 6) is 2.04. The van der Waals surface area contributed by atoms with E-state index in [2.05, 4.69) is 12.0 Å². The van der Waals surface area contributed by atoms with Crippen molar-refractivity contribution in [1.82, 2.24) is 9.78 Å². The van der Waals surface area contributed by atoms with Crippen LogP contribution in [0.5, 0.6) is 11.5 Å². The Kier molecular flexibility index (Phi) is 3.64. The molecule has 19 heavy (non-hydrogen) atoms. The van der Waals surface area contributed by atoms with E-state index in [-0.39, 0.29) is 0 Å². The molecule has 1 aromatic carbocycles. The fourth-order valence-corrected chi connectivity index (χ4v) is 2.15. The summed E-state index contributed by atoms with van der Waals surface area (Å²) in [4.78, 5) is 0. The van der Waals surface area contributed by atoms with E-state index >= 15 is 0 Å². The smallest absolute Gasteiger partial charge is 0.161 e. The van der Waals surface area contributed by atoms with E-state index in [1.165, 1.54) is 0 Å². The predicted octanol–water partition coefficient (Wildman–Crippen LogP) is 2.25. The van der Waals surface area contributed by atoms with Crippen molar-refractivity contribution in [3.8, 4) is 22.6 Å². The van der Waals surface area contributed by atoms with Crippen LogP contribution in [-0.2, 0) is 13.5 Å². The molecule has 1 heterocycles. The van der Waals surface area contributed by atoms with Crippen molar-refractivity contribution < 1.29 is 9.47 Å². The van der Waals surface area contributed by atoms with Gasteiger partial charge in [-0.05, 0) is 24.1 Å². The Hall–Kier alpha value is -2.17. The number of benzene rings is 1. The Bertz CT molecular complexity index is 591. The van der Waals surface area contributed by atoms with Crippen LogP contribution in [0.2, 0.25) is 0 Å². The van der Waals surface area contributed by atoms with Crippen molar-refractivity contribution in [2.24, 2.45) is 7.05 Å². The van der Waals surface area contributed by atoms with Crippen molar-refractivity contribution in [2.75, 3.05) is 20.0 Å². The lowest BCUT2D eigenvalue weighted by Crippen LogP contribution is -1.98. The third-order valence-corrected chi connectivity index (χ3v) is 3.17. The molecule has 1 aromatic heterocycles. The molecule has 0 saturated carbocycles. The molecule has 2 rings (SSSR count). The molecule has 0 aliphatic heterocycles. The largest absolute Gasteiger partial charge is 0.493 e. The molecule has 0 spiro atoms. The van der Waals surface area contributed by atoms with E-state index in [1.807, 2.05) is 25.2 Å². The van der Waals surface area contributed by atoms with Crippen molar-refractivity contribution >= 4 is 5.82 Å². The summed E-state index contributed by atoms with van der Waals surface area (Å²) >= 11 is 0. The maximum absolute atomic E-state index is 6.10. The molecular weight excluding hydrogens is 242 g/mol. The van der Waals surface area contributed by atoms with Gasteiger partial charge in [0.15, 0.2) is 11.5 Å². The number of ether oxygens (including phenoxy) is 2. The second-order valence-corrected chi connectivity index (χ2v) is 4.25. The topological polar surface area (TPSA) is 62.3 Å². The zero-order chi connectivity index (χ0) is 14.0. The second-order valence-electron chi connectivity index (χ2n) is 4.25. The van der Waals surface area contributed by atoms with E-state index in [1.54, 1.807) is 18.9 Å². The first-order chi connectivity index (χ1) is 9.12. The molecule has 2 aromatic rings. The highest BCUT2D eigenvalue weighted by Gasteiger charge is 2.16. The minimum atomic E-state index is 0.657. The lowest BCUT2D eigenvalue weighted by Gasteiger charge is -2.10. The lowest BCUT2D eigenvalue weighted by atomic mass is 10.0. The quantitative estimate of drug-likeness (QED) is 0.917. The number of hydrogen-bond donors (Lipinski definition) is 1. The minimum Gasteiger partial charge on any atom is -0.493 e. The standard InChI is InChI=1S/C14H19N3O2/c1-5-10-13(14(15)17(2)16-10)9-6-7-11(18-3)12(8-9)19-4/h6-8H,5,15H2,1-4H3. The van der Waals surface area contributed by atoms with Crippen molar-refractivity contribution in [3.05, 3.63) is 23.9 Å². The van der Waals surface area contributed by atoms with Gasteiger partial charge in [-0.2, -0.15) is 5.10 Å². The van der Waals surface area contributed by atoms with Crippen LogP contribution < -0.4 is 15.2 Å². The molecule has 102 valence electrons. The first kappa shape index (κ1) is 13.3. The SMILES string of the molecule is CCc1nn(C)c(N)c1-c1ccc(OC)c(OC)c1. The van der Waals surface area contributed by atoms with Gasteiger partial charge in [-0.3, -0.25) is 4.68 Å². The average molecular weight is 261 g/mol. The minimum absolute atomic E-state index is 0.657. The zero-order valence-corrected chi connectivity index (χ0v) is 11.7. The summed E-state index contributed by atoms with van der Waals surface area (Å²) in [5.41, 5.74) is 9.03. The summed E-state index contributed by atoms with van der Waals surface area (Å²) in [6.45, 7) is 2.06. The van der Waals surface area contributed by atoms with Gasteiger partial charge in [-0.1, -0.05) is 13.0 Å². The van der Waals surface area contributed by atoms with Gasteiger partial charge in [0.25, 0.3) is 0 Å². The van der Waals surface area contributed by atoms with Crippen LogP contribution in [0, 0.1) is 0 Å². The van der Waals surface area contributed by atoms with Crippen LogP contribution in [0.1, 0.15) is 12.6 Å². The lowest BCUT2D eigenvalue weighted by molar-refractivity contribution is 0.355. The number of aromatic nitrogens is 2. The highest BCUT2D eigenvalue weighted by atomic mass is 16.5. The molecule has 5 heteroatoms. The number of anilines is 1. The summed E-state index contributed by atoms with van der Waals surface area (Å²) in [6.07, 6.45) is 0.828. The van der Waals surface area contributed by atoms with E-state index in [4.69, 9.17) is 15.2 Å². The van der Waals surface area contributed by atoms with E-state index in [0.717, 1.165) is 23.2 Å². The van der Waals surface area contributed by atoms with Gasteiger partial charge < -0.3 is 15.2 Å². The van der Waals surface area contributed by atoms with Crippen LogP contribution in [0.3, 0.4) is 0 Å².